The quantitative estimate of drug-likeness (QED) is 0.885. The van der Waals surface area contributed by atoms with Crippen molar-refractivity contribution in [3.63, 3.8) is 0 Å². The van der Waals surface area contributed by atoms with Crippen molar-refractivity contribution in [2.24, 2.45) is 5.41 Å². The van der Waals surface area contributed by atoms with Crippen molar-refractivity contribution < 1.29 is 4.39 Å². The van der Waals surface area contributed by atoms with Crippen molar-refractivity contribution in [3.05, 3.63) is 35.6 Å². The van der Waals surface area contributed by atoms with Crippen molar-refractivity contribution in [3.8, 4) is 0 Å². The van der Waals surface area contributed by atoms with E-state index in [-0.39, 0.29) is 5.82 Å². The van der Waals surface area contributed by atoms with E-state index < -0.39 is 0 Å². The molecule has 0 aliphatic carbocycles. The van der Waals surface area contributed by atoms with E-state index in [1.54, 1.807) is 12.1 Å². The lowest BCUT2D eigenvalue weighted by Gasteiger charge is -2.39. The molecule has 1 heterocycles. The van der Waals surface area contributed by atoms with E-state index in [0.717, 1.165) is 17.9 Å². The Morgan fingerprint density at radius 2 is 2.29 bits per heavy atom. The van der Waals surface area contributed by atoms with Crippen LogP contribution >= 0.6 is 11.8 Å². The van der Waals surface area contributed by atoms with Crippen molar-refractivity contribution in [2.45, 2.75) is 32.9 Å². The molecule has 94 valence electrons. The molecular weight excluding hydrogens is 233 g/mol. The van der Waals surface area contributed by atoms with E-state index in [2.05, 4.69) is 19.2 Å². The molecule has 1 aromatic rings. The summed E-state index contributed by atoms with van der Waals surface area (Å²) < 4.78 is 13.1. The Morgan fingerprint density at radius 3 is 3.00 bits per heavy atom. The van der Waals surface area contributed by atoms with Crippen LogP contribution < -0.4 is 5.32 Å². The van der Waals surface area contributed by atoms with Crippen LogP contribution in [-0.2, 0) is 6.54 Å². The lowest BCUT2D eigenvalue weighted by Crippen LogP contribution is -2.46. The first kappa shape index (κ1) is 12.9. The van der Waals surface area contributed by atoms with E-state index in [9.17, 15) is 4.39 Å². The van der Waals surface area contributed by atoms with Crippen LogP contribution in [0.15, 0.2) is 24.3 Å². The van der Waals surface area contributed by atoms with Crippen LogP contribution in [0.3, 0.4) is 0 Å². The first-order chi connectivity index (χ1) is 8.08. The van der Waals surface area contributed by atoms with Crippen molar-refractivity contribution in [1.82, 2.24) is 5.32 Å². The van der Waals surface area contributed by atoms with E-state index in [1.165, 1.54) is 18.2 Å². The fourth-order valence-corrected chi connectivity index (χ4v) is 3.80. The molecule has 1 aliphatic heterocycles. The highest BCUT2D eigenvalue weighted by Gasteiger charge is 2.31. The van der Waals surface area contributed by atoms with Gasteiger partial charge in [-0.15, -0.1) is 0 Å². The molecule has 0 bridgehead atoms. The highest BCUT2D eigenvalue weighted by molar-refractivity contribution is 7.99. The van der Waals surface area contributed by atoms with Gasteiger partial charge in [-0.25, -0.2) is 4.39 Å². The first-order valence-corrected chi connectivity index (χ1v) is 7.29. The van der Waals surface area contributed by atoms with Gasteiger partial charge in [0, 0.05) is 18.3 Å². The van der Waals surface area contributed by atoms with Gasteiger partial charge in [0.05, 0.1) is 0 Å². The van der Waals surface area contributed by atoms with Crippen LogP contribution in [0, 0.1) is 11.2 Å². The number of hydrogen-bond donors (Lipinski definition) is 1. The van der Waals surface area contributed by atoms with Gasteiger partial charge in [0.1, 0.15) is 5.82 Å². The van der Waals surface area contributed by atoms with Crippen LogP contribution in [0.1, 0.15) is 25.8 Å². The third kappa shape index (κ3) is 3.46. The number of benzene rings is 1. The van der Waals surface area contributed by atoms with Gasteiger partial charge in [-0.3, -0.25) is 0 Å². The van der Waals surface area contributed by atoms with Crippen LogP contribution in [0.2, 0.25) is 0 Å². The zero-order valence-corrected chi connectivity index (χ0v) is 11.3. The average molecular weight is 253 g/mol. The summed E-state index contributed by atoms with van der Waals surface area (Å²) >= 11 is 2.01. The minimum Gasteiger partial charge on any atom is -0.309 e. The summed E-state index contributed by atoms with van der Waals surface area (Å²) in [5.41, 5.74) is 1.37. The summed E-state index contributed by atoms with van der Waals surface area (Å²) in [4.78, 5) is 0. The largest absolute Gasteiger partial charge is 0.309 e. The summed E-state index contributed by atoms with van der Waals surface area (Å²) in [6, 6.07) is 7.36. The Bertz CT molecular complexity index is 378. The topological polar surface area (TPSA) is 12.0 Å². The van der Waals surface area contributed by atoms with Crippen LogP contribution in [0.4, 0.5) is 4.39 Å². The minimum atomic E-state index is -0.151. The number of thioether (sulfide) groups is 1. The molecule has 17 heavy (non-hydrogen) atoms. The van der Waals surface area contributed by atoms with E-state index in [4.69, 9.17) is 0 Å². The Kier molecular flexibility index (Phi) is 4.10. The molecule has 1 unspecified atom stereocenters. The van der Waals surface area contributed by atoms with Crippen LogP contribution in [0.5, 0.6) is 0 Å². The van der Waals surface area contributed by atoms with Crippen molar-refractivity contribution in [2.75, 3.05) is 11.5 Å². The predicted molar refractivity (Wildman–Crippen MR) is 72.8 cm³/mol. The minimum absolute atomic E-state index is 0.151. The standard InChI is InChI=1S/C14H20FNS/c1-14(2)6-7-17-10-13(14)16-9-11-4-3-5-12(15)8-11/h3-5,8,13,16H,6-7,9-10H2,1-2H3. The number of rotatable bonds is 3. The van der Waals surface area contributed by atoms with Gasteiger partial charge in [-0.05, 0) is 35.3 Å². The number of hydrogen-bond acceptors (Lipinski definition) is 2. The maximum atomic E-state index is 13.1. The smallest absolute Gasteiger partial charge is 0.123 e. The molecule has 0 aromatic heterocycles. The molecule has 2 rings (SSSR count). The summed E-state index contributed by atoms with van der Waals surface area (Å²) in [7, 11) is 0. The molecular formula is C14H20FNS. The Balaban J connectivity index is 1.93. The van der Waals surface area contributed by atoms with Gasteiger partial charge in [0.25, 0.3) is 0 Å². The lowest BCUT2D eigenvalue weighted by molar-refractivity contribution is 0.245. The third-order valence-corrected chi connectivity index (χ3v) is 4.62. The highest BCUT2D eigenvalue weighted by Crippen LogP contribution is 2.34. The third-order valence-electron chi connectivity index (χ3n) is 3.56. The fourth-order valence-electron chi connectivity index (χ4n) is 2.16. The Morgan fingerprint density at radius 1 is 1.47 bits per heavy atom. The number of nitrogens with one attached hydrogen (secondary N) is 1. The molecule has 0 amide bonds. The van der Waals surface area contributed by atoms with E-state index in [0.29, 0.717) is 11.5 Å². The van der Waals surface area contributed by atoms with Gasteiger partial charge in [0.15, 0.2) is 0 Å². The van der Waals surface area contributed by atoms with E-state index >= 15 is 0 Å². The molecule has 1 N–H and O–H groups in total. The average Bonchev–Trinajstić information content (AvgIpc) is 2.27. The van der Waals surface area contributed by atoms with Crippen molar-refractivity contribution >= 4 is 11.8 Å². The van der Waals surface area contributed by atoms with Crippen molar-refractivity contribution in [1.29, 1.82) is 0 Å². The SMILES string of the molecule is CC1(C)CCSCC1NCc1cccc(F)c1. The molecule has 1 fully saturated rings. The zero-order chi connectivity index (χ0) is 12.3. The molecule has 1 aromatic carbocycles. The first-order valence-electron chi connectivity index (χ1n) is 6.13. The molecule has 1 nitrogen and oxygen atoms in total. The summed E-state index contributed by atoms with van der Waals surface area (Å²) in [5.74, 6) is 2.26. The van der Waals surface area contributed by atoms with Gasteiger partial charge in [0.2, 0.25) is 0 Å². The summed E-state index contributed by atoms with van der Waals surface area (Å²) in [6.45, 7) is 5.39. The monoisotopic (exact) mass is 253 g/mol. The molecule has 0 radical (unpaired) electrons. The molecule has 1 atom stereocenters. The molecule has 0 saturated carbocycles. The second-order valence-electron chi connectivity index (χ2n) is 5.38. The van der Waals surface area contributed by atoms with Gasteiger partial charge < -0.3 is 5.32 Å². The highest BCUT2D eigenvalue weighted by atomic mass is 32.2. The molecule has 1 aliphatic rings. The summed E-state index contributed by atoms with van der Waals surface area (Å²) in [6.07, 6.45) is 1.25. The second-order valence-corrected chi connectivity index (χ2v) is 6.53. The second kappa shape index (κ2) is 5.40. The fraction of sp³-hybridized carbons (Fsp3) is 0.571. The maximum Gasteiger partial charge on any atom is 0.123 e. The number of halogens is 1. The van der Waals surface area contributed by atoms with Crippen LogP contribution in [0.25, 0.3) is 0 Å². The van der Waals surface area contributed by atoms with E-state index in [1.807, 2.05) is 17.8 Å². The van der Waals surface area contributed by atoms with Gasteiger partial charge >= 0.3 is 0 Å². The lowest BCUT2D eigenvalue weighted by atomic mass is 9.82. The molecule has 1 saturated heterocycles. The Hall–Kier alpha value is -0.540. The van der Waals surface area contributed by atoms with Crippen LogP contribution in [-0.4, -0.2) is 17.5 Å². The molecule has 3 heteroatoms. The summed E-state index contributed by atoms with van der Waals surface area (Å²) in [5, 5.41) is 3.57. The molecule has 0 spiro atoms. The normalized spacial score (nSPS) is 23.6. The Labute approximate surface area is 107 Å². The van der Waals surface area contributed by atoms with Gasteiger partial charge in [-0.1, -0.05) is 26.0 Å². The maximum absolute atomic E-state index is 13.1. The van der Waals surface area contributed by atoms with Gasteiger partial charge in [-0.2, -0.15) is 11.8 Å². The zero-order valence-electron chi connectivity index (χ0n) is 10.5. The predicted octanol–water partition coefficient (Wildman–Crippen LogP) is 3.45.